The summed E-state index contributed by atoms with van der Waals surface area (Å²) in [7, 11) is 1.09. The van der Waals surface area contributed by atoms with Crippen molar-refractivity contribution in [3.05, 3.63) is 132 Å². The molecule has 2 saturated heterocycles. The molecule has 0 aliphatic carbocycles. The number of carbonyl (C=O) groups is 5. The zero-order valence-electron chi connectivity index (χ0n) is 23.7. The first kappa shape index (κ1) is 27.8. The highest BCUT2D eigenvalue weighted by Gasteiger charge is 2.85. The van der Waals surface area contributed by atoms with Crippen LogP contribution in [0.25, 0.3) is 5.76 Å². The summed E-state index contributed by atoms with van der Waals surface area (Å²) in [5.74, 6) is -7.67. The quantitative estimate of drug-likeness (QED) is 0.200. The van der Waals surface area contributed by atoms with Gasteiger partial charge in [-0.2, -0.15) is 0 Å². The number of ether oxygens (including phenoxy) is 2. The van der Waals surface area contributed by atoms with Crippen LogP contribution in [0.15, 0.2) is 121 Å². The fourth-order valence-corrected chi connectivity index (χ4v) is 6.74. The number of esters is 1. The van der Waals surface area contributed by atoms with Crippen LogP contribution in [0.2, 0.25) is 0 Å². The average molecular weight is 601 g/mol. The van der Waals surface area contributed by atoms with E-state index in [0.717, 1.165) is 16.9 Å². The van der Waals surface area contributed by atoms with Crippen LogP contribution in [0.5, 0.6) is 5.75 Å². The molecule has 1 spiro atoms. The second-order valence-corrected chi connectivity index (χ2v) is 10.7. The molecular weight excluding hydrogens is 576 g/mol. The molecule has 0 saturated carbocycles. The number of methoxy groups -OCH3 is 1. The van der Waals surface area contributed by atoms with Crippen LogP contribution in [-0.4, -0.2) is 52.8 Å². The first-order valence-corrected chi connectivity index (χ1v) is 14.0. The van der Waals surface area contributed by atoms with E-state index in [4.69, 9.17) is 9.47 Å². The molecule has 10 heteroatoms. The number of anilines is 2. The minimum Gasteiger partial charge on any atom is -0.506 e. The molecule has 4 aromatic rings. The summed E-state index contributed by atoms with van der Waals surface area (Å²) in [5.41, 5.74) is -5.12. The Morgan fingerprint density at radius 1 is 0.778 bits per heavy atom. The molecule has 0 aromatic heterocycles. The van der Waals surface area contributed by atoms with Gasteiger partial charge in [-0.3, -0.25) is 29.0 Å². The van der Waals surface area contributed by atoms with Gasteiger partial charge in [-0.25, -0.2) is 4.79 Å². The second kappa shape index (κ2) is 10.0. The molecule has 45 heavy (non-hydrogen) atoms. The number of carbonyl (C=O) groups excluding carboxylic acids is 5. The SMILES string of the molecule is COC(=O)C12OC(c3ccccc3)=C3C(=O)C(=O)N(c4ccccc4O)C3(C(=O)N1c1ccccc1)C2C(=O)c1ccccc1. The lowest BCUT2D eigenvalue weighted by molar-refractivity contribution is -0.165. The Hall–Kier alpha value is -6.03. The number of fused-ring (bicyclic) bond motifs is 1. The normalized spacial score (nSPS) is 23.6. The summed E-state index contributed by atoms with van der Waals surface area (Å²) >= 11 is 0. The van der Waals surface area contributed by atoms with Crippen LogP contribution in [0.4, 0.5) is 11.4 Å². The van der Waals surface area contributed by atoms with Crippen molar-refractivity contribution in [3.63, 3.8) is 0 Å². The van der Waals surface area contributed by atoms with Gasteiger partial charge in [0, 0.05) is 16.8 Å². The smallest absolute Gasteiger partial charge is 0.373 e. The highest BCUT2D eigenvalue weighted by Crippen LogP contribution is 2.62. The van der Waals surface area contributed by atoms with Crippen molar-refractivity contribution in [1.29, 1.82) is 0 Å². The van der Waals surface area contributed by atoms with Gasteiger partial charge >= 0.3 is 17.6 Å². The van der Waals surface area contributed by atoms with Crippen LogP contribution in [0.3, 0.4) is 0 Å². The van der Waals surface area contributed by atoms with Crippen molar-refractivity contribution in [2.75, 3.05) is 16.9 Å². The molecule has 3 aliphatic rings. The first-order chi connectivity index (χ1) is 21.8. The predicted molar refractivity (Wildman–Crippen MR) is 161 cm³/mol. The summed E-state index contributed by atoms with van der Waals surface area (Å²) in [6.07, 6.45) is 0. The summed E-state index contributed by atoms with van der Waals surface area (Å²) in [6, 6.07) is 29.8. The van der Waals surface area contributed by atoms with Gasteiger partial charge in [0.15, 0.2) is 11.3 Å². The van der Waals surface area contributed by atoms with Gasteiger partial charge in [-0.15, -0.1) is 0 Å². The molecule has 2 fully saturated rings. The first-order valence-electron chi connectivity index (χ1n) is 14.0. The lowest BCUT2D eigenvalue weighted by Crippen LogP contribution is -2.65. The summed E-state index contributed by atoms with van der Waals surface area (Å²) < 4.78 is 11.9. The minimum absolute atomic E-state index is 0.0907. The van der Waals surface area contributed by atoms with Crippen LogP contribution < -0.4 is 9.80 Å². The van der Waals surface area contributed by atoms with E-state index in [-0.39, 0.29) is 28.3 Å². The molecule has 10 nitrogen and oxygen atoms in total. The van der Waals surface area contributed by atoms with Gasteiger partial charge in [0.05, 0.1) is 18.4 Å². The van der Waals surface area contributed by atoms with E-state index in [1.54, 1.807) is 66.7 Å². The van der Waals surface area contributed by atoms with Gasteiger partial charge < -0.3 is 14.6 Å². The number of ketones is 2. The number of hydrogen-bond donors (Lipinski definition) is 1. The number of aromatic hydroxyl groups is 1. The Kier molecular flexibility index (Phi) is 6.19. The Balaban J connectivity index is 1.69. The fraction of sp³-hybridized carbons (Fsp3) is 0.114. The minimum atomic E-state index is -2.54. The zero-order chi connectivity index (χ0) is 31.5. The molecule has 4 aromatic carbocycles. The zero-order valence-corrected chi connectivity index (χ0v) is 23.7. The number of benzene rings is 4. The summed E-state index contributed by atoms with van der Waals surface area (Å²) in [6.45, 7) is 0. The molecule has 3 heterocycles. The molecule has 222 valence electrons. The standard InChI is InChI=1S/C35H24N2O8/c1-44-33(43)35-30(27(39)21-13-5-2-6-14-21)34(32(42)36(35)23-17-9-4-10-18-23)26(29(45-35)22-15-7-3-8-16-22)28(40)31(41)37(34)24-19-11-12-20-25(24)38/h2-20,30,38H,1H3. The average Bonchev–Trinajstić information content (AvgIpc) is 3.40. The Morgan fingerprint density at radius 3 is 1.98 bits per heavy atom. The maximum absolute atomic E-state index is 15.3. The Labute approximate surface area is 256 Å². The maximum Gasteiger partial charge on any atom is 0.373 e. The van der Waals surface area contributed by atoms with Gasteiger partial charge in [0.1, 0.15) is 17.4 Å². The molecule has 2 bridgehead atoms. The van der Waals surface area contributed by atoms with E-state index in [2.05, 4.69) is 0 Å². The van der Waals surface area contributed by atoms with Gasteiger partial charge in [-0.1, -0.05) is 91.0 Å². The van der Waals surface area contributed by atoms with E-state index >= 15 is 4.79 Å². The van der Waals surface area contributed by atoms with Crippen molar-refractivity contribution >= 4 is 46.5 Å². The second-order valence-electron chi connectivity index (χ2n) is 10.7. The number of Topliss-reactive ketones (excluding diaryl/α,β-unsaturated/α-hetero) is 2. The topological polar surface area (TPSA) is 131 Å². The predicted octanol–water partition coefficient (Wildman–Crippen LogP) is 3.90. The van der Waals surface area contributed by atoms with Gasteiger partial charge in [0.2, 0.25) is 0 Å². The maximum atomic E-state index is 15.3. The highest BCUT2D eigenvalue weighted by molar-refractivity contribution is 6.56. The van der Waals surface area contributed by atoms with Crippen molar-refractivity contribution in [2.45, 2.75) is 11.3 Å². The summed E-state index contributed by atoms with van der Waals surface area (Å²) in [4.78, 5) is 74.8. The van der Waals surface area contributed by atoms with Crippen LogP contribution in [-0.2, 0) is 28.7 Å². The molecular formula is C35H24N2O8. The highest BCUT2D eigenvalue weighted by atomic mass is 16.6. The van der Waals surface area contributed by atoms with Crippen molar-refractivity contribution < 1.29 is 38.6 Å². The number of phenolic OH excluding ortho intramolecular Hbond substituents is 1. The monoisotopic (exact) mass is 600 g/mol. The van der Waals surface area contributed by atoms with Crippen LogP contribution in [0.1, 0.15) is 15.9 Å². The number of rotatable bonds is 6. The molecule has 2 amide bonds. The molecule has 7 rings (SSSR count). The van der Waals surface area contributed by atoms with Crippen LogP contribution in [0, 0.1) is 5.92 Å². The molecule has 0 radical (unpaired) electrons. The largest absolute Gasteiger partial charge is 0.506 e. The van der Waals surface area contributed by atoms with E-state index in [9.17, 15) is 24.3 Å². The van der Waals surface area contributed by atoms with Gasteiger partial charge in [0.25, 0.3) is 11.7 Å². The third-order valence-corrected chi connectivity index (χ3v) is 8.48. The lowest BCUT2D eigenvalue weighted by Gasteiger charge is -2.45. The third kappa shape index (κ3) is 3.53. The molecule has 1 N–H and O–H groups in total. The molecule has 3 unspecified atom stereocenters. The van der Waals surface area contributed by atoms with Crippen molar-refractivity contribution in [2.24, 2.45) is 5.92 Å². The Bertz CT molecular complexity index is 1940. The third-order valence-electron chi connectivity index (χ3n) is 8.48. The molecule has 3 aliphatic heterocycles. The van der Waals surface area contributed by atoms with Gasteiger partial charge in [-0.05, 0) is 24.3 Å². The van der Waals surface area contributed by atoms with Crippen molar-refractivity contribution in [3.8, 4) is 5.75 Å². The van der Waals surface area contributed by atoms with E-state index in [0.29, 0.717) is 0 Å². The van der Waals surface area contributed by atoms with Crippen LogP contribution >= 0.6 is 0 Å². The lowest BCUT2D eigenvalue weighted by atomic mass is 9.69. The molecule has 3 atom stereocenters. The number of para-hydroxylation sites is 3. The summed E-state index contributed by atoms with van der Waals surface area (Å²) in [5, 5.41) is 11.0. The van der Waals surface area contributed by atoms with E-state index in [1.807, 2.05) is 0 Å². The number of hydrogen-bond acceptors (Lipinski definition) is 8. The Morgan fingerprint density at radius 2 is 1.36 bits per heavy atom. The number of amides is 2. The van der Waals surface area contributed by atoms with Crippen molar-refractivity contribution in [1.82, 2.24) is 0 Å². The fourth-order valence-electron chi connectivity index (χ4n) is 6.74. The number of phenols is 1. The number of nitrogens with zero attached hydrogens (tertiary/aromatic N) is 2. The van der Waals surface area contributed by atoms with E-state index in [1.165, 1.54) is 48.5 Å². The van der Waals surface area contributed by atoms with E-state index < -0.39 is 57.9 Å².